The minimum Gasteiger partial charge on any atom is -0.493 e. The Morgan fingerprint density at radius 3 is 2.65 bits per heavy atom. The van der Waals surface area contributed by atoms with Crippen molar-refractivity contribution in [3.8, 4) is 17.2 Å². The molecule has 0 radical (unpaired) electrons. The number of nitrogens with zero attached hydrogens (tertiary/aromatic N) is 1. The number of benzene rings is 1. The predicted octanol–water partition coefficient (Wildman–Crippen LogP) is 3.08. The molecule has 1 heterocycles. The van der Waals surface area contributed by atoms with Gasteiger partial charge in [0.2, 0.25) is 0 Å². The quantitative estimate of drug-likeness (QED) is 0.802. The molecule has 104 valence electrons. The summed E-state index contributed by atoms with van der Waals surface area (Å²) < 4.78 is 16.3. The number of halogens is 1. The van der Waals surface area contributed by atoms with Crippen LogP contribution in [0.1, 0.15) is 10.4 Å². The standard InChI is InChI=1S/C14H12BrNO4/c1-18-12-5-3-4-11(13(12)19-2)14(17)20-10-6-9(15)7-16-8-10/h3-8H,1-2H3. The Labute approximate surface area is 124 Å². The first-order valence-electron chi connectivity index (χ1n) is 5.69. The van der Waals surface area contributed by atoms with Crippen molar-refractivity contribution in [1.82, 2.24) is 4.98 Å². The van der Waals surface area contributed by atoms with Crippen LogP contribution in [0.3, 0.4) is 0 Å². The number of para-hydroxylation sites is 1. The van der Waals surface area contributed by atoms with Crippen LogP contribution in [0, 0.1) is 0 Å². The maximum Gasteiger partial charge on any atom is 0.347 e. The van der Waals surface area contributed by atoms with Crippen LogP contribution in [0.2, 0.25) is 0 Å². The highest BCUT2D eigenvalue weighted by Gasteiger charge is 2.18. The molecule has 5 nitrogen and oxygen atoms in total. The van der Waals surface area contributed by atoms with E-state index in [2.05, 4.69) is 20.9 Å². The van der Waals surface area contributed by atoms with Crippen molar-refractivity contribution in [3.63, 3.8) is 0 Å². The smallest absolute Gasteiger partial charge is 0.347 e. The third-order valence-electron chi connectivity index (χ3n) is 2.51. The predicted molar refractivity (Wildman–Crippen MR) is 76.4 cm³/mol. The second-order valence-electron chi connectivity index (χ2n) is 3.77. The Morgan fingerprint density at radius 1 is 1.20 bits per heavy atom. The van der Waals surface area contributed by atoms with Crippen LogP contribution in [-0.4, -0.2) is 25.2 Å². The normalized spacial score (nSPS) is 9.95. The number of pyridine rings is 1. The molecule has 0 aliphatic heterocycles. The summed E-state index contributed by atoms with van der Waals surface area (Å²) in [5.41, 5.74) is 0.284. The van der Waals surface area contributed by atoms with E-state index in [4.69, 9.17) is 14.2 Å². The molecule has 0 N–H and O–H groups in total. The van der Waals surface area contributed by atoms with E-state index in [0.29, 0.717) is 17.2 Å². The van der Waals surface area contributed by atoms with E-state index in [-0.39, 0.29) is 5.56 Å². The Morgan fingerprint density at radius 2 is 2.00 bits per heavy atom. The van der Waals surface area contributed by atoms with E-state index in [1.54, 1.807) is 30.5 Å². The van der Waals surface area contributed by atoms with E-state index in [1.165, 1.54) is 20.4 Å². The zero-order chi connectivity index (χ0) is 14.5. The number of aromatic nitrogens is 1. The zero-order valence-electron chi connectivity index (χ0n) is 10.9. The number of rotatable bonds is 4. The summed E-state index contributed by atoms with van der Waals surface area (Å²) in [5, 5.41) is 0. The number of esters is 1. The number of carbonyl (C=O) groups is 1. The molecule has 0 saturated heterocycles. The minimum atomic E-state index is -0.541. The molecular weight excluding hydrogens is 326 g/mol. The first kappa shape index (κ1) is 14.3. The van der Waals surface area contributed by atoms with Gasteiger partial charge in [-0.3, -0.25) is 4.98 Å². The molecule has 0 saturated carbocycles. The van der Waals surface area contributed by atoms with E-state index in [0.717, 1.165) is 4.47 Å². The summed E-state index contributed by atoms with van der Waals surface area (Å²) in [7, 11) is 2.97. The molecule has 0 spiro atoms. The van der Waals surface area contributed by atoms with Gasteiger partial charge in [-0.15, -0.1) is 0 Å². The number of hydrogen-bond acceptors (Lipinski definition) is 5. The lowest BCUT2D eigenvalue weighted by atomic mass is 10.2. The van der Waals surface area contributed by atoms with Gasteiger partial charge in [-0.25, -0.2) is 4.79 Å². The first-order chi connectivity index (χ1) is 9.65. The lowest BCUT2D eigenvalue weighted by Crippen LogP contribution is -2.11. The fourth-order valence-corrected chi connectivity index (χ4v) is 2.00. The van der Waals surface area contributed by atoms with Crippen molar-refractivity contribution in [2.24, 2.45) is 0 Å². The van der Waals surface area contributed by atoms with Gasteiger partial charge in [-0.1, -0.05) is 6.07 Å². The number of methoxy groups -OCH3 is 2. The molecule has 2 rings (SSSR count). The minimum absolute atomic E-state index is 0.284. The molecular formula is C14H12BrNO4. The van der Waals surface area contributed by atoms with Crippen molar-refractivity contribution >= 4 is 21.9 Å². The van der Waals surface area contributed by atoms with E-state index in [9.17, 15) is 4.79 Å². The van der Waals surface area contributed by atoms with Crippen molar-refractivity contribution in [2.75, 3.05) is 14.2 Å². The van der Waals surface area contributed by atoms with Crippen LogP contribution >= 0.6 is 15.9 Å². The fourth-order valence-electron chi connectivity index (χ4n) is 1.66. The monoisotopic (exact) mass is 337 g/mol. The van der Waals surface area contributed by atoms with Gasteiger partial charge in [-0.2, -0.15) is 0 Å². The Hall–Kier alpha value is -2.08. The van der Waals surface area contributed by atoms with Crippen molar-refractivity contribution in [2.45, 2.75) is 0 Å². The van der Waals surface area contributed by atoms with Crippen molar-refractivity contribution < 1.29 is 19.0 Å². The van der Waals surface area contributed by atoms with Gasteiger partial charge in [0, 0.05) is 10.7 Å². The first-order valence-corrected chi connectivity index (χ1v) is 6.48. The fraction of sp³-hybridized carbons (Fsp3) is 0.143. The van der Waals surface area contributed by atoms with Crippen LogP contribution < -0.4 is 14.2 Å². The second-order valence-corrected chi connectivity index (χ2v) is 4.69. The second kappa shape index (κ2) is 6.38. The lowest BCUT2D eigenvalue weighted by Gasteiger charge is -2.11. The van der Waals surface area contributed by atoms with Gasteiger partial charge in [0.1, 0.15) is 5.56 Å². The lowest BCUT2D eigenvalue weighted by molar-refractivity contribution is 0.0730. The number of ether oxygens (including phenoxy) is 3. The van der Waals surface area contributed by atoms with Gasteiger partial charge in [0.05, 0.1) is 20.4 Å². The van der Waals surface area contributed by atoms with Crippen LogP contribution in [0.25, 0.3) is 0 Å². The van der Waals surface area contributed by atoms with Crippen LogP contribution in [-0.2, 0) is 0 Å². The van der Waals surface area contributed by atoms with Crippen LogP contribution in [0.4, 0.5) is 0 Å². The SMILES string of the molecule is COc1cccc(C(=O)Oc2cncc(Br)c2)c1OC. The molecule has 0 unspecified atom stereocenters. The van der Waals surface area contributed by atoms with Gasteiger partial charge in [-0.05, 0) is 34.1 Å². The van der Waals surface area contributed by atoms with Gasteiger partial charge >= 0.3 is 5.97 Å². The van der Waals surface area contributed by atoms with Crippen LogP contribution in [0.15, 0.2) is 41.1 Å². The highest BCUT2D eigenvalue weighted by Crippen LogP contribution is 2.31. The molecule has 20 heavy (non-hydrogen) atoms. The van der Waals surface area contributed by atoms with Crippen LogP contribution in [0.5, 0.6) is 17.2 Å². The molecule has 2 aromatic rings. The molecule has 0 aliphatic carbocycles. The van der Waals surface area contributed by atoms with E-state index < -0.39 is 5.97 Å². The molecule has 0 bridgehead atoms. The van der Waals surface area contributed by atoms with Crippen molar-refractivity contribution in [1.29, 1.82) is 0 Å². The third-order valence-corrected chi connectivity index (χ3v) is 2.95. The third kappa shape index (κ3) is 3.08. The van der Waals surface area contributed by atoms with E-state index >= 15 is 0 Å². The largest absolute Gasteiger partial charge is 0.493 e. The summed E-state index contributed by atoms with van der Waals surface area (Å²) in [6, 6.07) is 6.65. The van der Waals surface area contributed by atoms with E-state index in [1.807, 2.05) is 0 Å². The summed E-state index contributed by atoms with van der Waals surface area (Å²) in [4.78, 5) is 16.1. The topological polar surface area (TPSA) is 57.7 Å². The number of hydrogen-bond donors (Lipinski definition) is 0. The van der Waals surface area contributed by atoms with Gasteiger partial charge < -0.3 is 14.2 Å². The van der Waals surface area contributed by atoms with Gasteiger partial charge in [0.25, 0.3) is 0 Å². The number of carbonyl (C=O) groups excluding carboxylic acids is 1. The molecule has 0 aliphatic rings. The molecule has 1 aromatic carbocycles. The highest BCUT2D eigenvalue weighted by molar-refractivity contribution is 9.10. The maximum absolute atomic E-state index is 12.2. The molecule has 6 heteroatoms. The molecule has 0 fully saturated rings. The Balaban J connectivity index is 2.30. The molecule has 0 amide bonds. The summed E-state index contributed by atoms with van der Waals surface area (Å²) in [6.07, 6.45) is 3.05. The maximum atomic E-state index is 12.2. The molecule has 0 atom stereocenters. The van der Waals surface area contributed by atoms with Gasteiger partial charge in [0.15, 0.2) is 17.2 Å². The average molecular weight is 338 g/mol. The summed E-state index contributed by atoms with van der Waals surface area (Å²) >= 11 is 3.26. The van der Waals surface area contributed by atoms with Crippen molar-refractivity contribution in [3.05, 3.63) is 46.7 Å². The highest BCUT2D eigenvalue weighted by atomic mass is 79.9. The summed E-state index contributed by atoms with van der Waals surface area (Å²) in [6.45, 7) is 0. The average Bonchev–Trinajstić information content (AvgIpc) is 2.46. The zero-order valence-corrected chi connectivity index (χ0v) is 12.5. The Kier molecular flexibility index (Phi) is 4.57. The molecule has 1 aromatic heterocycles. The Bertz CT molecular complexity index is 630. The summed E-state index contributed by atoms with van der Waals surface area (Å²) in [5.74, 6) is 0.604.